The van der Waals surface area contributed by atoms with Gasteiger partial charge in [-0.2, -0.15) is 0 Å². The first-order valence-electron chi connectivity index (χ1n) is 11.6. The molecule has 174 valence electrons. The zero-order valence-electron chi connectivity index (χ0n) is 18.8. The number of fused-ring (bicyclic) bond motifs is 3. The van der Waals surface area contributed by atoms with E-state index in [2.05, 4.69) is 34.9 Å². The van der Waals surface area contributed by atoms with E-state index in [-0.39, 0.29) is 24.5 Å². The van der Waals surface area contributed by atoms with E-state index < -0.39 is 24.0 Å². The van der Waals surface area contributed by atoms with Crippen molar-refractivity contribution in [1.82, 2.24) is 10.6 Å². The van der Waals surface area contributed by atoms with Crippen molar-refractivity contribution in [2.75, 3.05) is 6.61 Å². The number of carboxylic acid groups (broad SMARTS) is 1. The highest BCUT2D eigenvalue weighted by Gasteiger charge is 2.36. The van der Waals surface area contributed by atoms with Crippen molar-refractivity contribution in [2.45, 2.75) is 57.0 Å². The Morgan fingerprint density at radius 3 is 2.27 bits per heavy atom. The van der Waals surface area contributed by atoms with Gasteiger partial charge in [-0.1, -0.05) is 68.3 Å². The van der Waals surface area contributed by atoms with Crippen molar-refractivity contribution in [3.05, 3.63) is 59.7 Å². The average Bonchev–Trinajstić information content (AvgIpc) is 3.40. The molecule has 3 atom stereocenters. The fourth-order valence-electron chi connectivity index (χ4n) is 5.06. The molecule has 2 aromatic rings. The molecule has 33 heavy (non-hydrogen) atoms. The van der Waals surface area contributed by atoms with Crippen molar-refractivity contribution in [1.29, 1.82) is 0 Å². The van der Waals surface area contributed by atoms with E-state index in [0.29, 0.717) is 25.7 Å². The van der Waals surface area contributed by atoms with Gasteiger partial charge in [0.2, 0.25) is 5.91 Å². The Kier molecular flexibility index (Phi) is 6.96. The molecule has 2 aromatic carbocycles. The summed E-state index contributed by atoms with van der Waals surface area (Å²) >= 11 is 0. The number of nitrogens with one attached hydrogen (secondary N) is 2. The average molecular weight is 451 g/mol. The molecule has 1 fully saturated rings. The molecule has 2 aliphatic rings. The van der Waals surface area contributed by atoms with Crippen molar-refractivity contribution in [2.24, 2.45) is 5.92 Å². The van der Waals surface area contributed by atoms with Crippen LogP contribution in [0.4, 0.5) is 4.79 Å². The van der Waals surface area contributed by atoms with Crippen LogP contribution >= 0.6 is 0 Å². The maximum Gasteiger partial charge on any atom is 0.407 e. The maximum atomic E-state index is 12.7. The summed E-state index contributed by atoms with van der Waals surface area (Å²) in [6.07, 6.45) is 2.54. The van der Waals surface area contributed by atoms with Crippen LogP contribution in [-0.4, -0.2) is 41.8 Å². The van der Waals surface area contributed by atoms with Crippen LogP contribution in [0.2, 0.25) is 0 Å². The lowest BCUT2D eigenvalue weighted by atomic mass is 9.98. The van der Waals surface area contributed by atoms with Crippen LogP contribution in [0.15, 0.2) is 48.5 Å². The number of rotatable bonds is 8. The summed E-state index contributed by atoms with van der Waals surface area (Å²) in [5.41, 5.74) is 4.60. The Bertz CT molecular complexity index is 991. The summed E-state index contributed by atoms with van der Waals surface area (Å²) < 4.78 is 5.61. The molecule has 0 radical (unpaired) electrons. The van der Waals surface area contributed by atoms with E-state index in [4.69, 9.17) is 4.74 Å². The molecule has 0 unspecified atom stereocenters. The molecule has 3 N–H and O–H groups in total. The fourth-order valence-corrected chi connectivity index (χ4v) is 5.06. The largest absolute Gasteiger partial charge is 0.480 e. The van der Waals surface area contributed by atoms with Crippen LogP contribution in [0.1, 0.15) is 56.1 Å². The highest BCUT2D eigenvalue weighted by molar-refractivity contribution is 5.86. The van der Waals surface area contributed by atoms with E-state index in [1.807, 2.05) is 31.2 Å². The van der Waals surface area contributed by atoms with Crippen LogP contribution in [-0.2, 0) is 14.3 Å². The van der Waals surface area contributed by atoms with Crippen molar-refractivity contribution < 1.29 is 24.2 Å². The minimum absolute atomic E-state index is 0.0313. The molecule has 0 bridgehead atoms. The Hall–Kier alpha value is -3.35. The Morgan fingerprint density at radius 2 is 1.67 bits per heavy atom. The normalized spacial score (nSPS) is 19.9. The summed E-state index contributed by atoms with van der Waals surface area (Å²) in [6.45, 7) is 2.08. The highest BCUT2D eigenvalue weighted by atomic mass is 16.5. The van der Waals surface area contributed by atoms with Gasteiger partial charge in [0.1, 0.15) is 12.6 Å². The van der Waals surface area contributed by atoms with E-state index in [1.54, 1.807) is 0 Å². The molecule has 2 amide bonds. The molecule has 4 rings (SSSR count). The number of amides is 2. The van der Waals surface area contributed by atoms with Gasteiger partial charge in [0.15, 0.2) is 0 Å². The summed E-state index contributed by atoms with van der Waals surface area (Å²) in [4.78, 5) is 36.7. The first-order valence-corrected chi connectivity index (χ1v) is 11.6. The number of carbonyl (C=O) groups is 3. The number of carbonyl (C=O) groups excluding carboxylic acids is 2. The second-order valence-corrected chi connectivity index (χ2v) is 8.80. The summed E-state index contributed by atoms with van der Waals surface area (Å²) in [6, 6.07) is 15.0. The number of ether oxygens (including phenoxy) is 1. The topological polar surface area (TPSA) is 105 Å². The number of benzene rings is 2. The fraction of sp³-hybridized carbons (Fsp3) is 0.423. The minimum atomic E-state index is -1.04. The van der Waals surface area contributed by atoms with Gasteiger partial charge < -0.3 is 20.5 Å². The smallest absolute Gasteiger partial charge is 0.407 e. The molecule has 7 heteroatoms. The third-order valence-corrected chi connectivity index (χ3v) is 6.69. The highest BCUT2D eigenvalue weighted by Crippen LogP contribution is 2.44. The number of hydrogen-bond donors (Lipinski definition) is 3. The zero-order valence-corrected chi connectivity index (χ0v) is 18.8. The number of aliphatic carboxylic acids is 1. The molecule has 0 spiro atoms. The lowest BCUT2D eigenvalue weighted by Crippen LogP contribution is -2.48. The predicted molar refractivity (Wildman–Crippen MR) is 124 cm³/mol. The Balaban J connectivity index is 1.36. The van der Waals surface area contributed by atoms with Gasteiger partial charge in [-0.25, -0.2) is 9.59 Å². The molecule has 0 heterocycles. The molecule has 1 saturated carbocycles. The van der Waals surface area contributed by atoms with Gasteiger partial charge in [0, 0.05) is 12.0 Å². The third-order valence-electron chi connectivity index (χ3n) is 6.69. The summed E-state index contributed by atoms with van der Waals surface area (Å²) in [5, 5.41) is 14.8. The minimum Gasteiger partial charge on any atom is -0.480 e. The van der Waals surface area contributed by atoms with Crippen molar-refractivity contribution in [3.8, 4) is 11.1 Å². The van der Waals surface area contributed by atoms with Gasteiger partial charge in [0.05, 0.1) is 5.92 Å². The van der Waals surface area contributed by atoms with Crippen molar-refractivity contribution >= 4 is 18.0 Å². The summed E-state index contributed by atoms with van der Waals surface area (Å²) in [5.74, 6) is -1.85. The molecule has 0 aliphatic heterocycles. The van der Waals surface area contributed by atoms with Gasteiger partial charge in [0.25, 0.3) is 0 Å². The third kappa shape index (κ3) is 4.87. The lowest BCUT2D eigenvalue weighted by molar-refractivity contribution is -0.142. The van der Waals surface area contributed by atoms with E-state index in [9.17, 15) is 19.5 Å². The Labute approximate surface area is 193 Å². The SMILES string of the molecule is CCC[C@@H](NC(=O)[C@H]1CCC[C@H]1NC(=O)OCC1c2ccccc2-c2ccccc21)C(=O)O. The van der Waals surface area contributed by atoms with Crippen LogP contribution in [0.5, 0.6) is 0 Å². The second-order valence-electron chi connectivity index (χ2n) is 8.80. The second kappa shape index (κ2) is 10.1. The van der Waals surface area contributed by atoms with Gasteiger partial charge in [-0.05, 0) is 41.5 Å². The van der Waals surface area contributed by atoms with Gasteiger partial charge >= 0.3 is 12.1 Å². The maximum absolute atomic E-state index is 12.7. The zero-order chi connectivity index (χ0) is 23.4. The van der Waals surface area contributed by atoms with Crippen molar-refractivity contribution in [3.63, 3.8) is 0 Å². The molecule has 0 aromatic heterocycles. The first kappa shape index (κ1) is 22.8. The van der Waals surface area contributed by atoms with Crippen LogP contribution in [0, 0.1) is 5.92 Å². The van der Waals surface area contributed by atoms with Crippen LogP contribution in [0.25, 0.3) is 11.1 Å². The molecular formula is C26H30N2O5. The Morgan fingerprint density at radius 1 is 1.03 bits per heavy atom. The summed E-state index contributed by atoms with van der Waals surface area (Å²) in [7, 11) is 0. The van der Waals surface area contributed by atoms with E-state index in [1.165, 1.54) is 0 Å². The molecule has 0 saturated heterocycles. The lowest BCUT2D eigenvalue weighted by Gasteiger charge is -2.23. The van der Waals surface area contributed by atoms with Crippen LogP contribution < -0.4 is 10.6 Å². The number of hydrogen-bond acceptors (Lipinski definition) is 4. The molecule has 2 aliphatic carbocycles. The van der Waals surface area contributed by atoms with Crippen LogP contribution in [0.3, 0.4) is 0 Å². The quantitative estimate of drug-likeness (QED) is 0.563. The molecule has 7 nitrogen and oxygen atoms in total. The number of carboxylic acids is 1. The van der Waals surface area contributed by atoms with E-state index >= 15 is 0 Å². The van der Waals surface area contributed by atoms with E-state index in [0.717, 1.165) is 28.7 Å². The number of alkyl carbamates (subject to hydrolysis) is 1. The standard InChI is InChI=1S/C26H30N2O5/c1-2-8-23(25(30)31)27-24(29)20-13-7-14-22(20)28-26(32)33-15-21-18-11-5-3-9-16(18)17-10-4-6-12-19(17)21/h3-6,9-12,20-23H,2,7-8,13-15H2,1H3,(H,27,29)(H,28,32)(H,30,31)/t20-,22+,23+/m0/s1. The van der Waals surface area contributed by atoms with Gasteiger partial charge in [-0.15, -0.1) is 0 Å². The monoisotopic (exact) mass is 450 g/mol. The molecular weight excluding hydrogens is 420 g/mol. The van der Waals surface area contributed by atoms with Gasteiger partial charge in [-0.3, -0.25) is 4.79 Å². The first-order chi connectivity index (χ1) is 16.0. The predicted octanol–water partition coefficient (Wildman–Crippen LogP) is 4.06.